The minimum absolute atomic E-state index is 0.0603. The van der Waals surface area contributed by atoms with Gasteiger partial charge >= 0.3 is 0 Å². The molecule has 0 radical (unpaired) electrons. The van der Waals surface area contributed by atoms with E-state index in [1.807, 2.05) is 19.9 Å². The fraction of sp³-hybridized carbons (Fsp3) is 0.385. The average molecular weight is 235 g/mol. The van der Waals surface area contributed by atoms with Crippen LogP contribution >= 0.6 is 11.3 Å². The molecule has 16 heavy (non-hydrogen) atoms. The first-order valence-corrected chi connectivity index (χ1v) is 6.20. The van der Waals surface area contributed by atoms with Crippen molar-refractivity contribution in [3.8, 4) is 0 Å². The summed E-state index contributed by atoms with van der Waals surface area (Å²) in [5.74, 6) is 1.85. The first-order valence-electron chi connectivity index (χ1n) is 5.38. The molecule has 1 atom stereocenters. The van der Waals surface area contributed by atoms with Crippen molar-refractivity contribution < 1.29 is 4.42 Å². The molecule has 0 aliphatic heterocycles. The second kappa shape index (κ2) is 4.07. The van der Waals surface area contributed by atoms with Crippen molar-refractivity contribution in [3.63, 3.8) is 0 Å². The van der Waals surface area contributed by atoms with E-state index < -0.39 is 0 Å². The van der Waals surface area contributed by atoms with E-state index in [0.717, 1.165) is 17.1 Å². The topological polar surface area (TPSA) is 39.2 Å². The molecule has 0 fully saturated rings. The third-order valence-electron chi connectivity index (χ3n) is 2.91. The maximum absolute atomic E-state index is 6.26. The van der Waals surface area contributed by atoms with Crippen molar-refractivity contribution in [2.45, 2.75) is 33.7 Å². The van der Waals surface area contributed by atoms with Gasteiger partial charge < -0.3 is 10.2 Å². The molecule has 0 aliphatic carbocycles. The van der Waals surface area contributed by atoms with Crippen LogP contribution in [0.5, 0.6) is 0 Å². The first-order chi connectivity index (χ1) is 7.49. The van der Waals surface area contributed by atoms with Crippen LogP contribution in [0.25, 0.3) is 0 Å². The van der Waals surface area contributed by atoms with Crippen LogP contribution in [0.3, 0.4) is 0 Å². The van der Waals surface area contributed by atoms with Gasteiger partial charge in [0.05, 0.1) is 6.04 Å². The largest absolute Gasteiger partial charge is 0.466 e. The average Bonchev–Trinajstić information content (AvgIpc) is 2.70. The van der Waals surface area contributed by atoms with Gasteiger partial charge in [0, 0.05) is 15.3 Å². The number of furan rings is 1. The van der Waals surface area contributed by atoms with Crippen LogP contribution in [0, 0.1) is 27.7 Å². The molecule has 0 aromatic carbocycles. The van der Waals surface area contributed by atoms with Crippen molar-refractivity contribution in [2.24, 2.45) is 5.73 Å². The molecule has 86 valence electrons. The minimum Gasteiger partial charge on any atom is -0.466 e. The maximum atomic E-state index is 6.26. The summed E-state index contributed by atoms with van der Waals surface area (Å²) in [7, 11) is 0. The van der Waals surface area contributed by atoms with E-state index in [2.05, 4.69) is 19.9 Å². The summed E-state index contributed by atoms with van der Waals surface area (Å²) in [6.07, 6.45) is 0. The highest BCUT2D eigenvalue weighted by Gasteiger charge is 2.17. The number of rotatable bonds is 2. The Kier molecular flexibility index (Phi) is 2.91. The van der Waals surface area contributed by atoms with Crippen molar-refractivity contribution in [1.29, 1.82) is 0 Å². The summed E-state index contributed by atoms with van der Waals surface area (Å²) in [4.78, 5) is 2.54. The molecule has 0 saturated heterocycles. The summed E-state index contributed by atoms with van der Waals surface area (Å²) in [6.45, 7) is 8.17. The zero-order valence-electron chi connectivity index (χ0n) is 10.1. The van der Waals surface area contributed by atoms with E-state index in [9.17, 15) is 0 Å². The summed E-state index contributed by atoms with van der Waals surface area (Å²) < 4.78 is 5.52. The van der Waals surface area contributed by atoms with Gasteiger partial charge in [0.1, 0.15) is 11.5 Å². The highest BCUT2D eigenvalue weighted by atomic mass is 32.1. The van der Waals surface area contributed by atoms with E-state index in [0.29, 0.717) is 0 Å². The highest BCUT2D eigenvalue weighted by molar-refractivity contribution is 7.12. The van der Waals surface area contributed by atoms with E-state index in [4.69, 9.17) is 10.2 Å². The lowest BCUT2D eigenvalue weighted by molar-refractivity contribution is 0.500. The molecular formula is C13H17NOS. The van der Waals surface area contributed by atoms with Gasteiger partial charge in [0.15, 0.2) is 0 Å². The van der Waals surface area contributed by atoms with E-state index in [1.165, 1.54) is 15.3 Å². The van der Waals surface area contributed by atoms with Crippen molar-refractivity contribution in [2.75, 3.05) is 0 Å². The van der Waals surface area contributed by atoms with Gasteiger partial charge in [-0.25, -0.2) is 0 Å². The second-order valence-corrected chi connectivity index (χ2v) is 5.52. The lowest BCUT2D eigenvalue weighted by Gasteiger charge is -2.07. The predicted molar refractivity (Wildman–Crippen MR) is 68.0 cm³/mol. The molecule has 3 heteroatoms. The van der Waals surface area contributed by atoms with Crippen molar-refractivity contribution >= 4 is 11.3 Å². The van der Waals surface area contributed by atoms with Crippen molar-refractivity contribution in [3.05, 3.63) is 44.5 Å². The van der Waals surface area contributed by atoms with Gasteiger partial charge in [-0.15, -0.1) is 11.3 Å². The lowest BCUT2D eigenvalue weighted by atomic mass is 10.1. The number of nitrogens with two attached hydrogens (primary N) is 1. The Morgan fingerprint density at radius 3 is 2.31 bits per heavy atom. The summed E-state index contributed by atoms with van der Waals surface area (Å²) >= 11 is 1.77. The SMILES string of the molecule is Cc1cc(C(N)c2cc(C)c(C)s2)c(C)o1. The molecule has 2 aromatic rings. The van der Waals surface area contributed by atoms with Crippen LogP contribution in [-0.2, 0) is 0 Å². The van der Waals surface area contributed by atoms with Crippen LogP contribution < -0.4 is 5.73 Å². The fourth-order valence-electron chi connectivity index (χ4n) is 1.87. The zero-order valence-corrected chi connectivity index (χ0v) is 10.9. The summed E-state index contributed by atoms with van der Waals surface area (Å²) in [6, 6.07) is 4.14. The Morgan fingerprint density at radius 1 is 1.19 bits per heavy atom. The standard InChI is InChI=1S/C13H17NOS/c1-7-5-12(16-10(7)4)13(14)11-6-8(2)15-9(11)3/h5-6,13H,14H2,1-4H3. The molecule has 2 rings (SSSR count). The molecule has 2 N–H and O–H groups in total. The third-order valence-corrected chi connectivity index (χ3v) is 4.14. The van der Waals surface area contributed by atoms with Gasteiger partial charge in [0.25, 0.3) is 0 Å². The van der Waals surface area contributed by atoms with Gasteiger partial charge in [-0.2, -0.15) is 0 Å². The van der Waals surface area contributed by atoms with E-state index in [-0.39, 0.29) is 6.04 Å². The molecule has 0 spiro atoms. The van der Waals surface area contributed by atoms with Crippen LogP contribution in [0.4, 0.5) is 0 Å². The molecule has 0 bridgehead atoms. The molecule has 0 saturated carbocycles. The molecule has 1 unspecified atom stereocenters. The second-order valence-electron chi connectivity index (χ2n) is 4.23. The number of hydrogen-bond donors (Lipinski definition) is 1. The van der Waals surface area contributed by atoms with Crippen LogP contribution in [0.1, 0.15) is 38.4 Å². The Labute approximate surface area is 100 Å². The minimum atomic E-state index is -0.0603. The van der Waals surface area contributed by atoms with Crippen LogP contribution in [-0.4, -0.2) is 0 Å². The normalized spacial score (nSPS) is 13.1. The molecule has 2 nitrogen and oxygen atoms in total. The molecule has 0 amide bonds. The Hall–Kier alpha value is -1.06. The van der Waals surface area contributed by atoms with Gasteiger partial charge in [0.2, 0.25) is 0 Å². The lowest BCUT2D eigenvalue weighted by Crippen LogP contribution is -2.10. The molecule has 2 heterocycles. The highest BCUT2D eigenvalue weighted by Crippen LogP contribution is 2.31. The maximum Gasteiger partial charge on any atom is 0.106 e. The van der Waals surface area contributed by atoms with Crippen LogP contribution in [0.2, 0.25) is 0 Å². The number of thiophene rings is 1. The Morgan fingerprint density at radius 2 is 1.88 bits per heavy atom. The fourth-order valence-corrected chi connectivity index (χ4v) is 2.93. The first kappa shape index (κ1) is 11.4. The summed E-state index contributed by atoms with van der Waals surface area (Å²) in [5, 5.41) is 0. The molecule has 2 aromatic heterocycles. The van der Waals surface area contributed by atoms with Crippen molar-refractivity contribution in [1.82, 2.24) is 0 Å². The smallest absolute Gasteiger partial charge is 0.106 e. The molecular weight excluding hydrogens is 218 g/mol. The van der Waals surface area contributed by atoms with Gasteiger partial charge in [-0.1, -0.05) is 0 Å². The Bertz CT molecular complexity index is 490. The van der Waals surface area contributed by atoms with Crippen LogP contribution in [0.15, 0.2) is 16.5 Å². The predicted octanol–water partition coefficient (Wildman–Crippen LogP) is 3.62. The van der Waals surface area contributed by atoms with Gasteiger partial charge in [-0.3, -0.25) is 0 Å². The number of hydrogen-bond acceptors (Lipinski definition) is 3. The van der Waals surface area contributed by atoms with E-state index >= 15 is 0 Å². The molecule has 0 aliphatic rings. The quantitative estimate of drug-likeness (QED) is 0.863. The van der Waals surface area contributed by atoms with E-state index in [1.54, 1.807) is 11.3 Å². The zero-order chi connectivity index (χ0) is 11.9. The summed E-state index contributed by atoms with van der Waals surface area (Å²) in [5.41, 5.74) is 8.67. The number of aryl methyl sites for hydroxylation is 4. The monoisotopic (exact) mass is 235 g/mol. The third kappa shape index (κ3) is 1.93. The van der Waals surface area contributed by atoms with Gasteiger partial charge in [-0.05, 0) is 45.4 Å². The Balaban J connectivity index is 2.38.